The monoisotopic (exact) mass is 432 g/mol. The van der Waals surface area contributed by atoms with E-state index in [0.717, 1.165) is 5.56 Å². The number of sulfonamides is 1. The van der Waals surface area contributed by atoms with Crippen LogP contribution < -0.4 is 9.62 Å². The molecule has 0 aromatic heterocycles. The summed E-state index contributed by atoms with van der Waals surface area (Å²) in [5, 5.41) is 3.53. The van der Waals surface area contributed by atoms with Gasteiger partial charge in [0, 0.05) is 11.6 Å². The van der Waals surface area contributed by atoms with E-state index >= 15 is 0 Å². The molecule has 2 aromatic carbocycles. The van der Waals surface area contributed by atoms with E-state index in [-0.39, 0.29) is 22.0 Å². The third-order valence-corrected chi connectivity index (χ3v) is 6.42. The van der Waals surface area contributed by atoms with Gasteiger partial charge in [0.2, 0.25) is 10.0 Å². The van der Waals surface area contributed by atoms with Crippen LogP contribution in [0.15, 0.2) is 30.3 Å². The summed E-state index contributed by atoms with van der Waals surface area (Å²) in [7, 11) is -3.37. The van der Waals surface area contributed by atoms with Crippen molar-refractivity contribution in [2.75, 3.05) is 15.9 Å². The number of carbonyl (C=O) groups excluding carboxylic acids is 1. The maximum Gasteiger partial charge on any atom is 0.255 e. The molecule has 9 heteroatoms. The standard InChI is InChI=1S/C17H15Cl3N2O3S/c1-9-5-11-6-10(3-4-16(11)22(9)26(2,24)25)17(23)21-15-8-13(19)12(18)7-14(15)20/h3-4,6-9H,5H2,1-2H3,(H,21,23). The van der Waals surface area contributed by atoms with Crippen molar-refractivity contribution in [3.63, 3.8) is 0 Å². The summed E-state index contributed by atoms with van der Waals surface area (Å²) in [5.41, 5.74) is 2.14. The Labute approximate surface area is 166 Å². The predicted octanol–water partition coefficient (Wildman–Crippen LogP) is 4.61. The van der Waals surface area contributed by atoms with E-state index in [4.69, 9.17) is 34.8 Å². The van der Waals surface area contributed by atoms with Crippen molar-refractivity contribution < 1.29 is 13.2 Å². The molecule has 1 unspecified atom stereocenters. The molecule has 0 aliphatic carbocycles. The van der Waals surface area contributed by atoms with Crippen LogP contribution in [0.3, 0.4) is 0 Å². The lowest BCUT2D eigenvalue weighted by Crippen LogP contribution is -2.34. The Balaban J connectivity index is 1.89. The molecule has 0 bridgehead atoms. The molecule has 1 aliphatic rings. The van der Waals surface area contributed by atoms with Gasteiger partial charge in [-0.2, -0.15) is 0 Å². The second kappa shape index (κ2) is 6.93. The fourth-order valence-corrected chi connectivity index (χ4v) is 4.92. The van der Waals surface area contributed by atoms with Gasteiger partial charge in [0.05, 0.1) is 32.7 Å². The minimum atomic E-state index is -3.37. The summed E-state index contributed by atoms with van der Waals surface area (Å²) in [5.74, 6) is -0.376. The first-order chi connectivity index (χ1) is 12.1. The minimum absolute atomic E-state index is 0.192. The molecule has 0 spiro atoms. The number of anilines is 2. The summed E-state index contributed by atoms with van der Waals surface area (Å²) in [6.07, 6.45) is 1.71. The fourth-order valence-electron chi connectivity index (χ4n) is 3.06. The van der Waals surface area contributed by atoms with E-state index in [1.807, 2.05) is 6.92 Å². The van der Waals surface area contributed by atoms with Gasteiger partial charge in [0.15, 0.2) is 0 Å². The number of carbonyl (C=O) groups is 1. The Morgan fingerprint density at radius 1 is 1.12 bits per heavy atom. The van der Waals surface area contributed by atoms with E-state index < -0.39 is 10.0 Å². The maximum atomic E-state index is 12.5. The molecule has 2 aromatic rings. The lowest BCUT2D eigenvalue weighted by molar-refractivity contribution is 0.102. The molecule has 0 fully saturated rings. The molecular weight excluding hydrogens is 419 g/mol. The summed E-state index contributed by atoms with van der Waals surface area (Å²) < 4.78 is 25.3. The fraction of sp³-hybridized carbons (Fsp3) is 0.235. The number of hydrogen-bond donors (Lipinski definition) is 1. The zero-order valence-electron chi connectivity index (χ0n) is 13.9. The summed E-state index contributed by atoms with van der Waals surface area (Å²) >= 11 is 17.9. The number of rotatable bonds is 3. The van der Waals surface area contributed by atoms with Gasteiger partial charge in [0.1, 0.15) is 0 Å². The Morgan fingerprint density at radius 3 is 2.42 bits per heavy atom. The highest BCUT2D eigenvalue weighted by atomic mass is 35.5. The summed E-state index contributed by atoms with van der Waals surface area (Å²) in [4.78, 5) is 12.5. The van der Waals surface area contributed by atoms with Crippen molar-refractivity contribution in [1.29, 1.82) is 0 Å². The van der Waals surface area contributed by atoms with Crippen molar-refractivity contribution in [3.05, 3.63) is 56.5 Å². The highest BCUT2D eigenvalue weighted by Crippen LogP contribution is 2.35. The molecule has 1 aliphatic heterocycles. The Morgan fingerprint density at radius 2 is 1.77 bits per heavy atom. The van der Waals surface area contributed by atoms with E-state index in [1.54, 1.807) is 18.2 Å². The first-order valence-electron chi connectivity index (χ1n) is 7.66. The van der Waals surface area contributed by atoms with Crippen LogP contribution in [0.5, 0.6) is 0 Å². The average Bonchev–Trinajstić information content (AvgIpc) is 2.87. The molecule has 1 N–H and O–H groups in total. The van der Waals surface area contributed by atoms with Gasteiger partial charge >= 0.3 is 0 Å². The number of benzene rings is 2. The molecule has 1 heterocycles. The lowest BCUT2D eigenvalue weighted by atomic mass is 10.1. The number of nitrogens with zero attached hydrogens (tertiary/aromatic N) is 1. The van der Waals surface area contributed by atoms with E-state index in [2.05, 4.69) is 5.32 Å². The van der Waals surface area contributed by atoms with Gasteiger partial charge in [-0.25, -0.2) is 8.42 Å². The van der Waals surface area contributed by atoms with Gasteiger partial charge in [0.25, 0.3) is 5.91 Å². The van der Waals surface area contributed by atoms with Gasteiger partial charge < -0.3 is 5.32 Å². The van der Waals surface area contributed by atoms with Crippen molar-refractivity contribution >= 4 is 62.1 Å². The Hall–Kier alpha value is -1.47. The second-order valence-electron chi connectivity index (χ2n) is 6.16. The topological polar surface area (TPSA) is 66.5 Å². The first kappa shape index (κ1) is 19.3. The van der Waals surface area contributed by atoms with E-state index in [1.165, 1.54) is 22.7 Å². The van der Waals surface area contributed by atoms with Crippen LogP contribution in [0, 0.1) is 0 Å². The number of fused-ring (bicyclic) bond motifs is 1. The zero-order chi connectivity index (χ0) is 19.2. The zero-order valence-corrected chi connectivity index (χ0v) is 17.0. The van der Waals surface area contributed by atoms with Gasteiger partial charge in [-0.1, -0.05) is 34.8 Å². The van der Waals surface area contributed by atoms with Crippen LogP contribution in [0.2, 0.25) is 15.1 Å². The van der Waals surface area contributed by atoms with Crippen molar-refractivity contribution in [2.45, 2.75) is 19.4 Å². The lowest BCUT2D eigenvalue weighted by Gasteiger charge is -2.21. The molecule has 26 heavy (non-hydrogen) atoms. The number of halogens is 3. The third kappa shape index (κ3) is 3.64. The minimum Gasteiger partial charge on any atom is -0.321 e. The molecule has 0 radical (unpaired) electrons. The van der Waals surface area contributed by atoms with Gasteiger partial charge in [-0.15, -0.1) is 0 Å². The number of amides is 1. The number of hydrogen-bond acceptors (Lipinski definition) is 3. The Bertz CT molecular complexity index is 1010. The molecule has 0 saturated heterocycles. The van der Waals surface area contributed by atoms with Crippen LogP contribution in [0.25, 0.3) is 0 Å². The largest absolute Gasteiger partial charge is 0.321 e. The van der Waals surface area contributed by atoms with Crippen LogP contribution >= 0.6 is 34.8 Å². The summed E-state index contributed by atoms with van der Waals surface area (Å²) in [6, 6.07) is 7.65. The number of nitrogens with one attached hydrogen (secondary N) is 1. The molecule has 138 valence electrons. The Kier molecular flexibility index (Phi) is 5.14. The second-order valence-corrected chi connectivity index (χ2v) is 9.24. The van der Waals surface area contributed by atoms with Crippen molar-refractivity contribution in [1.82, 2.24) is 0 Å². The molecule has 0 saturated carbocycles. The highest BCUT2D eigenvalue weighted by molar-refractivity contribution is 7.92. The molecule has 1 amide bonds. The quantitative estimate of drug-likeness (QED) is 0.719. The van der Waals surface area contributed by atoms with Crippen molar-refractivity contribution in [2.24, 2.45) is 0 Å². The van der Waals surface area contributed by atoms with Crippen LogP contribution in [0.1, 0.15) is 22.8 Å². The first-order valence-corrected chi connectivity index (χ1v) is 10.6. The average molecular weight is 434 g/mol. The maximum absolute atomic E-state index is 12.5. The van der Waals surface area contributed by atoms with E-state index in [0.29, 0.717) is 28.4 Å². The normalized spacial score (nSPS) is 16.5. The molecular formula is C17H15Cl3N2O3S. The molecule has 5 nitrogen and oxygen atoms in total. The SMILES string of the molecule is CC1Cc2cc(C(=O)Nc3cc(Cl)c(Cl)cc3Cl)ccc2N1S(C)(=O)=O. The van der Waals surface area contributed by atoms with Gasteiger partial charge in [-0.05, 0) is 49.2 Å². The highest BCUT2D eigenvalue weighted by Gasteiger charge is 2.32. The van der Waals surface area contributed by atoms with Crippen LogP contribution in [-0.4, -0.2) is 26.6 Å². The van der Waals surface area contributed by atoms with Gasteiger partial charge in [-0.3, -0.25) is 9.10 Å². The summed E-state index contributed by atoms with van der Waals surface area (Å²) in [6.45, 7) is 1.83. The third-order valence-electron chi connectivity index (χ3n) is 4.11. The van der Waals surface area contributed by atoms with E-state index in [9.17, 15) is 13.2 Å². The van der Waals surface area contributed by atoms with Crippen LogP contribution in [-0.2, 0) is 16.4 Å². The smallest absolute Gasteiger partial charge is 0.255 e. The predicted molar refractivity (Wildman–Crippen MR) is 106 cm³/mol. The molecule has 3 rings (SSSR count). The molecule has 1 atom stereocenters. The van der Waals surface area contributed by atoms with Crippen LogP contribution in [0.4, 0.5) is 11.4 Å². The van der Waals surface area contributed by atoms with Crippen molar-refractivity contribution in [3.8, 4) is 0 Å².